The molecule has 1 saturated heterocycles. The summed E-state index contributed by atoms with van der Waals surface area (Å²) in [5.74, 6) is 0. The van der Waals surface area contributed by atoms with Gasteiger partial charge >= 0.3 is 0 Å². The predicted octanol–water partition coefficient (Wildman–Crippen LogP) is 0.132. The molecule has 0 aliphatic carbocycles. The van der Waals surface area contributed by atoms with Crippen LogP contribution in [0.15, 0.2) is 23.1 Å². The molecule has 1 aliphatic rings. The fraction of sp³-hybridized carbons (Fsp3) is 0.462. The minimum absolute atomic E-state index is 0.163. The molecule has 108 valence electrons. The number of hydrogen-bond acceptors (Lipinski definition) is 5. The van der Waals surface area contributed by atoms with Crippen LogP contribution in [-0.2, 0) is 14.8 Å². The van der Waals surface area contributed by atoms with E-state index in [2.05, 4.69) is 10.0 Å². The van der Waals surface area contributed by atoms with E-state index in [9.17, 15) is 8.42 Å². The highest BCUT2D eigenvalue weighted by molar-refractivity contribution is 7.89. The maximum absolute atomic E-state index is 12.3. The number of rotatable bonds is 4. The Bertz CT molecular complexity index is 637. The first-order chi connectivity index (χ1) is 9.47. The lowest BCUT2D eigenvalue weighted by molar-refractivity contribution is 0.103. The van der Waals surface area contributed by atoms with Crippen LogP contribution in [0.5, 0.6) is 0 Å². The van der Waals surface area contributed by atoms with Gasteiger partial charge in [-0.15, -0.1) is 0 Å². The summed E-state index contributed by atoms with van der Waals surface area (Å²) in [6.07, 6.45) is -0.177. The largest absolute Gasteiger partial charge is 0.378 e. The molecule has 0 aromatic heterocycles. The van der Waals surface area contributed by atoms with Gasteiger partial charge in [0.25, 0.3) is 0 Å². The van der Waals surface area contributed by atoms with E-state index < -0.39 is 10.0 Å². The molecule has 1 aliphatic heterocycles. The van der Waals surface area contributed by atoms with Crippen LogP contribution in [0.3, 0.4) is 0 Å². The van der Waals surface area contributed by atoms with E-state index in [1.165, 1.54) is 18.2 Å². The molecule has 1 unspecified atom stereocenters. The molecule has 1 fully saturated rings. The Labute approximate surface area is 118 Å². The minimum atomic E-state index is -3.61. The molecule has 2 rings (SSSR count). The Kier molecular flexibility index (Phi) is 4.40. The molecule has 0 radical (unpaired) electrons. The van der Waals surface area contributed by atoms with Gasteiger partial charge in [-0.25, -0.2) is 13.1 Å². The number of sulfonamides is 1. The molecule has 6 nitrogen and oxygen atoms in total. The standard InChI is InChI=1S/C13H17N3O3S/c1-9-5-11(4-3-10(9)6-14)20(17,18)16-12-7-15-8-13(12)19-2/h3-5,12-13,15-16H,7-8H2,1-2H3/t12?,13-/m0/s1. The predicted molar refractivity (Wildman–Crippen MR) is 73.7 cm³/mol. The number of benzene rings is 1. The maximum Gasteiger partial charge on any atom is 0.240 e. The summed E-state index contributed by atoms with van der Waals surface area (Å²) >= 11 is 0. The Morgan fingerprint density at radius 1 is 1.45 bits per heavy atom. The van der Waals surface area contributed by atoms with E-state index in [-0.39, 0.29) is 17.0 Å². The van der Waals surface area contributed by atoms with Crippen molar-refractivity contribution in [1.29, 1.82) is 5.26 Å². The molecule has 0 bridgehead atoms. The summed E-state index contributed by atoms with van der Waals surface area (Å²) < 4.78 is 32.5. The van der Waals surface area contributed by atoms with Crippen molar-refractivity contribution in [1.82, 2.24) is 10.0 Å². The molecule has 0 spiro atoms. The van der Waals surface area contributed by atoms with E-state index in [4.69, 9.17) is 10.00 Å². The van der Waals surface area contributed by atoms with Crippen molar-refractivity contribution >= 4 is 10.0 Å². The maximum atomic E-state index is 12.3. The van der Waals surface area contributed by atoms with E-state index in [0.717, 1.165) is 0 Å². The molecular formula is C13H17N3O3S. The Balaban J connectivity index is 2.23. The van der Waals surface area contributed by atoms with Crippen molar-refractivity contribution in [2.24, 2.45) is 0 Å². The van der Waals surface area contributed by atoms with Crippen molar-refractivity contribution in [3.63, 3.8) is 0 Å². The van der Waals surface area contributed by atoms with Gasteiger partial charge in [0.2, 0.25) is 10.0 Å². The molecule has 2 N–H and O–H groups in total. The van der Waals surface area contributed by atoms with E-state index >= 15 is 0 Å². The number of nitriles is 1. The summed E-state index contributed by atoms with van der Waals surface area (Å²) in [5, 5.41) is 12.0. The summed E-state index contributed by atoms with van der Waals surface area (Å²) in [7, 11) is -2.05. The van der Waals surface area contributed by atoms with Crippen LogP contribution in [-0.4, -0.2) is 40.8 Å². The number of aryl methyl sites for hydroxylation is 1. The fourth-order valence-electron chi connectivity index (χ4n) is 2.22. The van der Waals surface area contributed by atoms with Gasteiger partial charge in [0.15, 0.2) is 0 Å². The molecule has 0 saturated carbocycles. The third kappa shape index (κ3) is 2.99. The Morgan fingerprint density at radius 2 is 2.20 bits per heavy atom. The zero-order valence-corrected chi connectivity index (χ0v) is 12.2. The Hall–Kier alpha value is -1.46. The number of hydrogen-bond donors (Lipinski definition) is 2. The zero-order valence-electron chi connectivity index (χ0n) is 11.4. The molecular weight excluding hydrogens is 278 g/mol. The van der Waals surface area contributed by atoms with Gasteiger partial charge in [0.05, 0.1) is 28.7 Å². The van der Waals surface area contributed by atoms with Crippen LogP contribution >= 0.6 is 0 Å². The summed E-state index contributed by atoms with van der Waals surface area (Å²) in [5.41, 5.74) is 1.12. The van der Waals surface area contributed by atoms with Crippen LogP contribution in [0.1, 0.15) is 11.1 Å². The molecule has 0 amide bonds. The quantitative estimate of drug-likeness (QED) is 0.824. The first-order valence-corrected chi connectivity index (χ1v) is 7.73. The summed E-state index contributed by atoms with van der Waals surface area (Å²) in [6.45, 7) is 2.87. The third-order valence-electron chi connectivity index (χ3n) is 3.40. The van der Waals surface area contributed by atoms with Gasteiger partial charge in [-0.05, 0) is 30.7 Å². The van der Waals surface area contributed by atoms with Crippen LogP contribution in [0, 0.1) is 18.3 Å². The van der Waals surface area contributed by atoms with Crippen molar-refractivity contribution in [2.75, 3.05) is 20.2 Å². The average molecular weight is 295 g/mol. The second-order valence-corrected chi connectivity index (χ2v) is 6.46. The highest BCUT2D eigenvalue weighted by atomic mass is 32.2. The lowest BCUT2D eigenvalue weighted by atomic mass is 10.1. The number of nitrogens with zero attached hydrogens (tertiary/aromatic N) is 1. The smallest absolute Gasteiger partial charge is 0.240 e. The lowest BCUT2D eigenvalue weighted by Gasteiger charge is -2.18. The fourth-order valence-corrected chi connectivity index (χ4v) is 3.56. The highest BCUT2D eigenvalue weighted by Crippen LogP contribution is 2.16. The van der Waals surface area contributed by atoms with Gasteiger partial charge in [0.1, 0.15) is 0 Å². The highest BCUT2D eigenvalue weighted by Gasteiger charge is 2.31. The minimum Gasteiger partial charge on any atom is -0.378 e. The van der Waals surface area contributed by atoms with E-state index in [1.807, 2.05) is 6.07 Å². The molecule has 1 heterocycles. The SMILES string of the molecule is CO[C@H]1CNCC1NS(=O)(=O)c1ccc(C#N)c(C)c1. The number of ether oxygens (including phenoxy) is 1. The second kappa shape index (κ2) is 5.89. The second-order valence-electron chi connectivity index (χ2n) is 4.75. The topological polar surface area (TPSA) is 91.2 Å². The van der Waals surface area contributed by atoms with Crippen LogP contribution in [0.4, 0.5) is 0 Å². The van der Waals surface area contributed by atoms with E-state index in [0.29, 0.717) is 24.2 Å². The molecule has 1 aromatic carbocycles. The van der Waals surface area contributed by atoms with E-state index in [1.54, 1.807) is 14.0 Å². The van der Waals surface area contributed by atoms with Crippen molar-refractivity contribution in [3.8, 4) is 6.07 Å². The van der Waals surface area contributed by atoms with Gasteiger partial charge < -0.3 is 10.1 Å². The van der Waals surface area contributed by atoms with Gasteiger partial charge in [-0.3, -0.25) is 0 Å². The number of methoxy groups -OCH3 is 1. The average Bonchev–Trinajstić information content (AvgIpc) is 2.85. The van der Waals surface area contributed by atoms with Crippen molar-refractivity contribution < 1.29 is 13.2 Å². The molecule has 20 heavy (non-hydrogen) atoms. The zero-order chi connectivity index (χ0) is 14.8. The van der Waals surface area contributed by atoms with Crippen LogP contribution in [0.2, 0.25) is 0 Å². The van der Waals surface area contributed by atoms with Gasteiger partial charge in [-0.1, -0.05) is 0 Å². The van der Waals surface area contributed by atoms with Crippen LogP contribution < -0.4 is 10.0 Å². The first kappa shape index (κ1) is 14.9. The number of nitrogens with one attached hydrogen (secondary N) is 2. The first-order valence-electron chi connectivity index (χ1n) is 6.24. The molecule has 7 heteroatoms. The van der Waals surface area contributed by atoms with Crippen LogP contribution in [0.25, 0.3) is 0 Å². The third-order valence-corrected chi connectivity index (χ3v) is 4.88. The summed E-state index contributed by atoms with van der Waals surface area (Å²) in [6, 6.07) is 6.19. The molecule has 2 atom stereocenters. The van der Waals surface area contributed by atoms with Crippen molar-refractivity contribution in [3.05, 3.63) is 29.3 Å². The van der Waals surface area contributed by atoms with Gasteiger partial charge in [0, 0.05) is 20.2 Å². The monoisotopic (exact) mass is 295 g/mol. The normalized spacial score (nSPS) is 22.6. The van der Waals surface area contributed by atoms with Crippen molar-refractivity contribution in [2.45, 2.75) is 24.0 Å². The summed E-state index contributed by atoms with van der Waals surface area (Å²) in [4.78, 5) is 0.163. The van der Waals surface area contributed by atoms with Gasteiger partial charge in [-0.2, -0.15) is 5.26 Å². The lowest BCUT2D eigenvalue weighted by Crippen LogP contribution is -2.43. The Morgan fingerprint density at radius 3 is 2.80 bits per heavy atom. The molecule has 1 aromatic rings.